The van der Waals surface area contributed by atoms with E-state index in [9.17, 15) is 9.59 Å². The van der Waals surface area contributed by atoms with Crippen molar-refractivity contribution < 1.29 is 19.1 Å². The quantitative estimate of drug-likeness (QED) is 0.906. The molecule has 0 aliphatic carbocycles. The van der Waals surface area contributed by atoms with E-state index in [1.165, 1.54) is 0 Å². The van der Waals surface area contributed by atoms with E-state index in [1.807, 2.05) is 19.1 Å². The first kappa shape index (κ1) is 15.9. The van der Waals surface area contributed by atoms with Crippen LogP contribution in [0.1, 0.15) is 12.0 Å². The lowest BCUT2D eigenvalue weighted by molar-refractivity contribution is -0.128. The monoisotopic (exact) mass is 326 g/mol. The average Bonchev–Trinajstić information content (AvgIpc) is 2.56. The number of carbonyl (C=O) groups is 2. The van der Waals surface area contributed by atoms with Crippen molar-refractivity contribution in [3.8, 4) is 11.5 Å². The number of fused-ring (bicyclic) bond motifs is 1. The Balaban J connectivity index is 1.66. The van der Waals surface area contributed by atoms with Gasteiger partial charge in [-0.3, -0.25) is 9.59 Å². The number of anilines is 2. The number of aryl methyl sites for hydroxylation is 1. The van der Waals surface area contributed by atoms with Crippen LogP contribution in [0.25, 0.3) is 0 Å². The highest BCUT2D eigenvalue weighted by Gasteiger charge is 2.29. The first-order chi connectivity index (χ1) is 11.5. The maximum absolute atomic E-state index is 12.2. The molecule has 0 saturated carbocycles. The number of hydrogen-bond acceptors (Lipinski definition) is 4. The molecule has 0 fully saturated rings. The smallest absolute Gasteiger partial charge is 0.266 e. The first-order valence-corrected chi connectivity index (χ1v) is 7.57. The molecular weight excluding hydrogens is 308 g/mol. The van der Waals surface area contributed by atoms with E-state index in [4.69, 9.17) is 9.47 Å². The summed E-state index contributed by atoms with van der Waals surface area (Å²) in [5.74, 6) is 0.580. The van der Waals surface area contributed by atoms with Crippen LogP contribution in [0.4, 0.5) is 11.4 Å². The Kier molecular flexibility index (Phi) is 4.37. The number of hydrogen-bond donors (Lipinski definition) is 2. The number of carbonyl (C=O) groups excluding carboxylic acids is 2. The summed E-state index contributed by atoms with van der Waals surface area (Å²) < 4.78 is 10.8. The van der Waals surface area contributed by atoms with Crippen LogP contribution in [0.15, 0.2) is 42.5 Å². The second-order valence-corrected chi connectivity index (χ2v) is 5.58. The van der Waals surface area contributed by atoms with Crippen LogP contribution in [0.2, 0.25) is 0 Å². The van der Waals surface area contributed by atoms with E-state index in [-0.39, 0.29) is 18.2 Å². The van der Waals surface area contributed by atoms with Gasteiger partial charge in [-0.25, -0.2) is 0 Å². The number of rotatable bonds is 4. The highest BCUT2D eigenvalue weighted by Crippen LogP contribution is 2.31. The molecule has 2 aromatic carbocycles. The molecule has 0 aromatic heterocycles. The summed E-state index contributed by atoms with van der Waals surface area (Å²) in [7, 11) is 1.56. The zero-order chi connectivity index (χ0) is 17.1. The SMILES string of the molecule is COc1cccc(NC(=O)CC2Oc3ccc(C)cc3NC2=O)c1. The maximum Gasteiger partial charge on any atom is 0.266 e. The molecule has 6 nitrogen and oxygen atoms in total. The van der Waals surface area contributed by atoms with Gasteiger partial charge >= 0.3 is 0 Å². The van der Waals surface area contributed by atoms with Crippen LogP contribution in [0.3, 0.4) is 0 Å². The lowest BCUT2D eigenvalue weighted by atomic mass is 10.1. The van der Waals surface area contributed by atoms with E-state index in [1.54, 1.807) is 37.4 Å². The fourth-order valence-electron chi connectivity index (χ4n) is 2.48. The second-order valence-electron chi connectivity index (χ2n) is 5.58. The van der Waals surface area contributed by atoms with Crippen molar-refractivity contribution in [2.24, 2.45) is 0 Å². The van der Waals surface area contributed by atoms with Gasteiger partial charge in [0, 0.05) is 11.8 Å². The minimum absolute atomic E-state index is 0.0731. The molecule has 1 aliphatic heterocycles. The first-order valence-electron chi connectivity index (χ1n) is 7.57. The number of nitrogens with one attached hydrogen (secondary N) is 2. The predicted octanol–water partition coefficient (Wildman–Crippen LogP) is 2.73. The third-order valence-corrected chi connectivity index (χ3v) is 3.68. The lowest BCUT2D eigenvalue weighted by Gasteiger charge is -2.25. The third-order valence-electron chi connectivity index (χ3n) is 3.68. The van der Waals surface area contributed by atoms with Crippen LogP contribution in [-0.2, 0) is 9.59 Å². The van der Waals surface area contributed by atoms with Crippen molar-refractivity contribution >= 4 is 23.2 Å². The largest absolute Gasteiger partial charge is 0.497 e. The Hall–Kier alpha value is -3.02. The molecule has 0 radical (unpaired) electrons. The molecule has 1 unspecified atom stereocenters. The van der Waals surface area contributed by atoms with E-state index < -0.39 is 6.10 Å². The van der Waals surface area contributed by atoms with E-state index in [2.05, 4.69) is 10.6 Å². The molecule has 0 spiro atoms. The zero-order valence-electron chi connectivity index (χ0n) is 13.5. The van der Waals surface area contributed by atoms with Gasteiger partial charge in [-0.15, -0.1) is 0 Å². The van der Waals surface area contributed by atoms with Gasteiger partial charge < -0.3 is 20.1 Å². The zero-order valence-corrected chi connectivity index (χ0v) is 13.5. The molecule has 3 rings (SSSR count). The number of amides is 2. The summed E-state index contributed by atoms with van der Waals surface area (Å²) >= 11 is 0. The Morgan fingerprint density at radius 3 is 2.92 bits per heavy atom. The van der Waals surface area contributed by atoms with E-state index in [0.717, 1.165) is 5.56 Å². The van der Waals surface area contributed by atoms with Gasteiger partial charge in [0.2, 0.25) is 5.91 Å². The highest BCUT2D eigenvalue weighted by molar-refractivity contribution is 6.02. The molecule has 2 N–H and O–H groups in total. The summed E-state index contributed by atoms with van der Waals surface area (Å²) in [5, 5.41) is 5.51. The topological polar surface area (TPSA) is 76.7 Å². The second kappa shape index (κ2) is 6.62. The van der Waals surface area contributed by atoms with Crippen molar-refractivity contribution in [1.29, 1.82) is 0 Å². The van der Waals surface area contributed by atoms with Crippen LogP contribution in [-0.4, -0.2) is 25.0 Å². The van der Waals surface area contributed by atoms with Crippen molar-refractivity contribution in [2.45, 2.75) is 19.4 Å². The summed E-state index contributed by atoms with van der Waals surface area (Å²) in [6.07, 6.45) is -0.929. The summed E-state index contributed by atoms with van der Waals surface area (Å²) in [6, 6.07) is 12.5. The van der Waals surface area contributed by atoms with Crippen molar-refractivity contribution in [3.63, 3.8) is 0 Å². The van der Waals surface area contributed by atoms with Gasteiger partial charge in [-0.1, -0.05) is 12.1 Å². The average molecular weight is 326 g/mol. The van der Waals surface area contributed by atoms with Crippen LogP contribution >= 0.6 is 0 Å². The van der Waals surface area contributed by atoms with Crippen LogP contribution in [0.5, 0.6) is 11.5 Å². The van der Waals surface area contributed by atoms with Gasteiger partial charge in [-0.2, -0.15) is 0 Å². The van der Waals surface area contributed by atoms with Crippen molar-refractivity contribution in [3.05, 3.63) is 48.0 Å². The van der Waals surface area contributed by atoms with Gasteiger partial charge in [0.1, 0.15) is 11.5 Å². The standard InChI is InChI=1S/C18H18N2O4/c1-11-6-7-15-14(8-11)20-18(22)16(24-15)10-17(21)19-12-4-3-5-13(9-12)23-2/h3-9,16H,10H2,1-2H3,(H,19,21)(H,20,22). The van der Waals surface area contributed by atoms with E-state index in [0.29, 0.717) is 22.9 Å². The molecule has 2 aromatic rings. The highest BCUT2D eigenvalue weighted by atomic mass is 16.5. The molecule has 1 heterocycles. The Morgan fingerprint density at radius 2 is 2.12 bits per heavy atom. The normalized spacial score (nSPS) is 15.8. The molecule has 24 heavy (non-hydrogen) atoms. The third kappa shape index (κ3) is 3.48. The Bertz CT molecular complexity index is 788. The number of methoxy groups -OCH3 is 1. The molecule has 0 bridgehead atoms. The molecule has 1 atom stereocenters. The summed E-state index contributed by atoms with van der Waals surface area (Å²) in [6.45, 7) is 1.93. The summed E-state index contributed by atoms with van der Waals surface area (Å²) in [5.41, 5.74) is 2.25. The molecule has 1 aliphatic rings. The van der Waals surface area contributed by atoms with Crippen molar-refractivity contribution in [1.82, 2.24) is 0 Å². The van der Waals surface area contributed by atoms with Gasteiger partial charge in [-0.05, 0) is 36.8 Å². The van der Waals surface area contributed by atoms with Gasteiger partial charge in [0.15, 0.2) is 6.10 Å². The fraction of sp³-hybridized carbons (Fsp3) is 0.222. The predicted molar refractivity (Wildman–Crippen MR) is 90.5 cm³/mol. The minimum Gasteiger partial charge on any atom is -0.497 e. The molecule has 124 valence electrons. The molecule has 0 saturated heterocycles. The van der Waals surface area contributed by atoms with Gasteiger partial charge in [0.05, 0.1) is 19.2 Å². The number of benzene rings is 2. The number of ether oxygens (including phenoxy) is 2. The van der Waals surface area contributed by atoms with Crippen molar-refractivity contribution in [2.75, 3.05) is 17.7 Å². The molecule has 6 heteroatoms. The minimum atomic E-state index is -0.856. The Labute approximate surface area is 139 Å². The maximum atomic E-state index is 12.2. The lowest BCUT2D eigenvalue weighted by Crippen LogP contribution is -2.39. The molecule has 2 amide bonds. The van der Waals surface area contributed by atoms with Crippen LogP contribution in [0, 0.1) is 6.92 Å². The Morgan fingerprint density at radius 1 is 1.29 bits per heavy atom. The summed E-state index contributed by atoms with van der Waals surface area (Å²) in [4.78, 5) is 24.3. The molecular formula is C18H18N2O4. The van der Waals surface area contributed by atoms with Crippen LogP contribution < -0.4 is 20.1 Å². The van der Waals surface area contributed by atoms with E-state index >= 15 is 0 Å². The van der Waals surface area contributed by atoms with Gasteiger partial charge in [0.25, 0.3) is 5.91 Å². The fourth-order valence-corrected chi connectivity index (χ4v) is 2.48.